The van der Waals surface area contributed by atoms with E-state index in [1.807, 2.05) is 0 Å². The van der Waals surface area contributed by atoms with Gasteiger partial charge in [-0.25, -0.2) is 0 Å². The lowest BCUT2D eigenvalue weighted by Gasteiger charge is -2.13. The summed E-state index contributed by atoms with van der Waals surface area (Å²) in [6.07, 6.45) is 6.50. The van der Waals surface area contributed by atoms with Crippen molar-refractivity contribution in [3.8, 4) is 0 Å². The van der Waals surface area contributed by atoms with Crippen molar-refractivity contribution in [3.05, 3.63) is 21.3 Å². The van der Waals surface area contributed by atoms with E-state index >= 15 is 0 Å². The Hall–Kier alpha value is 0.170. The summed E-state index contributed by atoms with van der Waals surface area (Å²) in [5.41, 5.74) is 7.15. The molecule has 56 valence electrons. The summed E-state index contributed by atoms with van der Waals surface area (Å²) in [6, 6.07) is 0.256. The molecule has 1 rings (SSSR count). The summed E-state index contributed by atoms with van der Waals surface area (Å²) in [5, 5.41) is 0. The minimum atomic E-state index is 0.256. The average Bonchev–Trinajstić information content (AvgIpc) is 1.85. The molecule has 0 heterocycles. The Balaban J connectivity index is 2.72. The van der Waals surface area contributed by atoms with Crippen molar-refractivity contribution in [3.63, 3.8) is 0 Å². The number of halogens is 1. The number of hydrogen-bond donors (Lipinski definition) is 1. The number of nitrogens with two attached hydrogens (primary N) is 1. The Bertz CT molecular complexity index is 182. The number of allylic oxidation sites excluding steroid dienone is 2. The molecule has 2 N–H and O–H groups in total. The summed E-state index contributed by atoms with van der Waals surface area (Å²) in [4.78, 5) is 0. The molecule has 0 aromatic rings. The second-order valence-electron chi connectivity index (χ2n) is 2.55. The lowest BCUT2D eigenvalue weighted by molar-refractivity contribution is 0.805. The van der Waals surface area contributed by atoms with Crippen LogP contribution in [0.1, 0.15) is 19.8 Å². The second-order valence-corrected chi connectivity index (χ2v) is 3.94. The first-order chi connectivity index (χ1) is 4.72. The van der Waals surface area contributed by atoms with Crippen LogP contribution in [0.2, 0.25) is 0 Å². The standard InChI is InChI=1S/C8H12IN/c1-2-6-3-7(9)5-8(10)4-6/h3-4,8H,2,5,10H2,1H3. The fourth-order valence-electron chi connectivity index (χ4n) is 1.09. The third kappa shape index (κ3) is 2.09. The van der Waals surface area contributed by atoms with Gasteiger partial charge in [-0.2, -0.15) is 0 Å². The van der Waals surface area contributed by atoms with Crippen LogP contribution in [-0.2, 0) is 0 Å². The molecule has 0 radical (unpaired) electrons. The monoisotopic (exact) mass is 249 g/mol. The van der Waals surface area contributed by atoms with E-state index in [4.69, 9.17) is 5.73 Å². The Morgan fingerprint density at radius 1 is 1.80 bits per heavy atom. The van der Waals surface area contributed by atoms with Crippen LogP contribution in [0, 0.1) is 0 Å². The Morgan fingerprint density at radius 2 is 2.50 bits per heavy atom. The maximum Gasteiger partial charge on any atom is 0.0274 e. The highest BCUT2D eigenvalue weighted by Gasteiger charge is 2.07. The van der Waals surface area contributed by atoms with Crippen molar-refractivity contribution >= 4 is 22.6 Å². The molecule has 0 saturated carbocycles. The molecule has 0 aromatic carbocycles. The summed E-state index contributed by atoms with van der Waals surface area (Å²) in [7, 11) is 0. The van der Waals surface area contributed by atoms with E-state index in [9.17, 15) is 0 Å². The molecule has 1 nitrogen and oxygen atoms in total. The van der Waals surface area contributed by atoms with Crippen molar-refractivity contribution in [2.45, 2.75) is 25.8 Å². The molecule has 0 spiro atoms. The SMILES string of the molecule is CCC1=CC(N)CC(I)=C1. The minimum absolute atomic E-state index is 0.256. The molecule has 0 fully saturated rings. The molecule has 10 heavy (non-hydrogen) atoms. The zero-order valence-corrected chi connectivity index (χ0v) is 8.26. The zero-order valence-electron chi connectivity index (χ0n) is 6.10. The van der Waals surface area contributed by atoms with E-state index in [-0.39, 0.29) is 6.04 Å². The van der Waals surface area contributed by atoms with E-state index in [0.29, 0.717) is 0 Å². The van der Waals surface area contributed by atoms with Crippen LogP contribution in [0.4, 0.5) is 0 Å². The molecule has 2 heteroatoms. The van der Waals surface area contributed by atoms with Gasteiger partial charge in [0.25, 0.3) is 0 Å². The van der Waals surface area contributed by atoms with E-state index in [2.05, 4.69) is 41.7 Å². The smallest absolute Gasteiger partial charge is 0.0274 e. The predicted molar refractivity (Wildman–Crippen MR) is 53.1 cm³/mol. The Kier molecular flexibility index (Phi) is 2.92. The summed E-state index contributed by atoms with van der Waals surface area (Å²) in [5.74, 6) is 0. The van der Waals surface area contributed by atoms with Gasteiger partial charge in [0.05, 0.1) is 0 Å². The van der Waals surface area contributed by atoms with Gasteiger partial charge in [0, 0.05) is 6.04 Å². The maximum absolute atomic E-state index is 5.77. The lowest BCUT2D eigenvalue weighted by atomic mass is 10.0. The first-order valence-corrected chi connectivity index (χ1v) is 4.62. The van der Waals surface area contributed by atoms with E-state index < -0.39 is 0 Å². The highest BCUT2D eigenvalue weighted by atomic mass is 127. The Labute approximate surface area is 75.5 Å². The van der Waals surface area contributed by atoms with Crippen molar-refractivity contribution in [1.29, 1.82) is 0 Å². The van der Waals surface area contributed by atoms with Gasteiger partial charge in [-0.05, 0) is 45.1 Å². The topological polar surface area (TPSA) is 26.0 Å². The molecular formula is C8H12IN. The third-order valence-corrected chi connectivity index (χ3v) is 2.36. The normalized spacial score (nSPS) is 25.7. The van der Waals surface area contributed by atoms with E-state index in [0.717, 1.165) is 12.8 Å². The number of rotatable bonds is 1. The van der Waals surface area contributed by atoms with Gasteiger partial charge in [-0.15, -0.1) is 0 Å². The van der Waals surface area contributed by atoms with Gasteiger partial charge in [-0.1, -0.05) is 18.6 Å². The molecule has 0 bridgehead atoms. The first kappa shape index (κ1) is 8.27. The number of hydrogen-bond acceptors (Lipinski definition) is 1. The van der Waals surface area contributed by atoms with Crippen molar-refractivity contribution in [2.24, 2.45) is 5.73 Å². The molecule has 1 unspecified atom stereocenters. The van der Waals surface area contributed by atoms with Gasteiger partial charge < -0.3 is 5.73 Å². The molecule has 0 amide bonds. The van der Waals surface area contributed by atoms with Gasteiger partial charge in [-0.3, -0.25) is 0 Å². The molecule has 0 aromatic heterocycles. The summed E-state index contributed by atoms with van der Waals surface area (Å²) >= 11 is 2.35. The highest BCUT2D eigenvalue weighted by Crippen LogP contribution is 2.23. The summed E-state index contributed by atoms with van der Waals surface area (Å²) in [6.45, 7) is 2.16. The first-order valence-electron chi connectivity index (χ1n) is 3.54. The minimum Gasteiger partial charge on any atom is -0.324 e. The average molecular weight is 249 g/mol. The quantitative estimate of drug-likeness (QED) is 0.709. The van der Waals surface area contributed by atoms with Crippen molar-refractivity contribution in [2.75, 3.05) is 0 Å². The van der Waals surface area contributed by atoms with Crippen LogP contribution in [0.5, 0.6) is 0 Å². The molecule has 0 saturated heterocycles. The lowest BCUT2D eigenvalue weighted by Crippen LogP contribution is -2.19. The van der Waals surface area contributed by atoms with Gasteiger partial charge in [0.1, 0.15) is 0 Å². The van der Waals surface area contributed by atoms with Crippen LogP contribution in [0.25, 0.3) is 0 Å². The third-order valence-electron chi connectivity index (χ3n) is 1.61. The largest absolute Gasteiger partial charge is 0.324 e. The van der Waals surface area contributed by atoms with Crippen LogP contribution in [0.3, 0.4) is 0 Å². The second kappa shape index (κ2) is 3.53. The van der Waals surface area contributed by atoms with Crippen LogP contribution in [-0.4, -0.2) is 6.04 Å². The van der Waals surface area contributed by atoms with Gasteiger partial charge >= 0.3 is 0 Å². The predicted octanol–water partition coefficient (Wildman–Crippen LogP) is 2.37. The van der Waals surface area contributed by atoms with Crippen LogP contribution < -0.4 is 5.73 Å². The molecule has 0 aliphatic heterocycles. The van der Waals surface area contributed by atoms with Crippen molar-refractivity contribution in [1.82, 2.24) is 0 Å². The fourth-order valence-corrected chi connectivity index (χ4v) is 2.00. The molecule has 1 atom stereocenters. The highest BCUT2D eigenvalue weighted by molar-refractivity contribution is 14.1. The van der Waals surface area contributed by atoms with Gasteiger partial charge in [0.15, 0.2) is 0 Å². The summed E-state index contributed by atoms with van der Waals surface area (Å²) < 4.78 is 1.38. The van der Waals surface area contributed by atoms with E-state index in [1.54, 1.807) is 0 Å². The van der Waals surface area contributed by atoms with Crippen LogP contribution in [0.15, 0.2) is 21.3 Å². The Morgan fingerprint density at radius 3 is 3.00 bits per heavy atom. The van der Waals surface area contributed by atoms with Gasteiger partial charge in [0.2, 0.25) is 0 Å². The zero-order chi connectivity index (χ0) is 7.56. The fraction of sp³-hybridized carbons (Fsp3) is 0.500. The maximum atomic E-state index is 5.77. The molecule has 1 aliphatic rings. The van der Waals surface area contributed by atoms with Crippen LogP contribution >= 0.6 is 22.6 Å². The van der Waals surface area contributed by atoms with Crippen molar-refractivity contribution < 1.29 is 0 Å². The molecular weight excluding hydrogens is 237 g/mol. The van der Waals surface area contributed by atoms with E-state index in [1.165, 1.54) is 9.15 Å². The molecule has 1 aliphatic carbocycles.